The van der Waals surface area contributed by atoms with E-state index in [0.717, 1.165) is 45.3 Å². The molecule has 7 heteroatoms. The molecule has 2 saturated heterocycles. The van der Waals surface area contributed by atoms with E-state index in [1.54, 1.807) is 4.31 Å². The van der Waals surface area contributed by atoms with Crippen LogP contribution in [0.5, 0.6) is 0 Å². The molecular formula is C14H24N4O2S. The molecule has 21 heavy (non-hydrogen) atoms. The summed E-state index contributed by atoms with van der Waals surface area (Å²) in [6.07, 6.45) is 9.07. The van der Waals surface area contributed by atoms with E-state index in [4.69, 9.17) is 0 Å². The van der Waals surface area contributed by atoms with Crippen molar-refractivity contribution in [2.75, 3.05) is 25.9 Å². The number of imidazole rings is 1. The van der Waals surface area contributed by atoms with Crippen molar-refractivity contribution < 1.29 is 8.42 Å². The van der Waals surface area contributed by atoms with Gasteiger partial charge in [-0.1, -0.05) is 0 Å². The van der Waals surface area contributed by atoms with Crippen LogP contribution in [0.4, 0.5) is 0 Å². The molecule has 118 valence electrons. The third kappa shape index (κ3) is 2.86. The highest BCUT2D eigenvalue weighted by molar-refractivity contribution is 7.88. The fourth-order valence-corrected chi connectivity index (χ4v) is 5.35. The Bertz CT molecular complexity index is 612. The smallest absolute Gasteiger partial charge is 0.211 e. The molecule has 1 aromatic rings. The summed E-state index contributed by atoms with van der Waals surface area (Å²) in [4.78, 5) is 6.54. The largest absolute Gasteiger partial charge is 0.337 e. The molecular weight excluding hydrogens is 288 g/mol. The van der Waals surface area contributed by atoms with Crippen LogP contribution in [0, 0.1) is 0 Å². The summed E-state index contributed by atoms with van der Waals surface area (Å²) in [5.41, 5.74) is 1.00. The Morgan fingerprint density at radius 1 is 1.29 bits per heavy atom. The van der Waals surface area contributed by atoms with Gasteiger partial charge in [-0.3, -0.25) is 4.90 Å². The van der Waals surface area contributed by atoms with Crippen LogP contribution in [-0.4, -0.2) is 58.6 Å². The first-order valence-electron chi connectivity index (χ1n) is 7.56. The SMILES string of the molecule is Cn1cncc1CN1CCCC2(CCCN2S(C)(=O)=O)C1. The van der Waals surface area contributed by atoms with Crippen LogP contribution < -0.4 is 0 Å². The van der Waals surface area contributed by atoms with Gasteiger partial charge in [-0.15, -0.1) is 0 Å². The number of nitrogens with zero attached hydrogens (tertiary/aromatic N) is 4. The Labute approximate surface area is 126 Å². The van der Waals surface area contributed by atoms with Crippen molar-refractivity contribution in [1.82, 2.24) is 18.8 Å². The van der Waals surface area contributed by atoms with E-state index in [-0.39, 0.29) is 5.54 Å². The van der Waals surface area contributed by atoms with Gasteiger partial charge < -0.3 is 4.57 Å². The number of piperidine rings is 1. The van der Waals surface area contributed by atoms with Gasteiger partial charge in [-0.25, -0.2) is 13.4 Å². The van der Waals surface area contributed by atoms with Crippen molar-refractivity contribution in [2.24, 2.45) is 7.05 Å². The first-order chi connectivity index (χ1) is 9.91. The molecule has 2 aliphatic heterocycles. The monoisotopic (exact) mass is 312 g/mol. The molecule has 0 aromatic carbocycles. The van der Waals surface area contributed by atoms with Crippen LogP contribution in [0.15, 0.2) is 12.5 Å². The second kappa shape index (κ2) is 5.37. The maximum atomic E-state index is 12.1. The molecule has 1 atom stereocenters. The first kappa shape index (κ1) is 15.0. The minimum atomic E-state index is -3.12. The van der Waals surface area contributed by atoms with Crippen LogP contribution >= 0.6 is 0 Å². The maximum absolute atomic E-state index is 12.1. The lowest BCUT2D eigenvalue weighted by Crippen LogP contribution is -2.56. The number of hydrogen-bond donors (Lipinski definition) is 0. The van der Waals surface area contributed by atoms with Gasteiger partial charge in [0.25, 0.3) is 0 Å². The van der Waals surface area contributed by atoms with Crippen LogP contribution in [0.3, 0.4) is 0 Å². The highest BCUT2D eigenvalue weighted by Gasteiger charge is 2.47. The number of likely N-dealkylation sites (tertiary alicyclic amines) is 1. The summed E-state index contributed by atoms with van der Waals surface area (Å²) in [6, 6.07) is 0. The van der Waals surface area contributed by atoms with E-state index in [1.165, 1.54) is 11.9 Å². The predicted octanol–water partition coefficient (Wildman–Crippen LogP) is 0.810. The zero-order valence-corrected chi connectivity index (χ0v) is 13.6. The van der Waals surface area contributed by atoms with Crippen molar-refractivity contribution in [3.8, 4) is 0 Å². The zero-order chi connectivity index (χ0) is 15.1. The fourth-order valence-electron chi connectivity index (χ4n) is 3.95. The van der Waals surface area contributed by atoms with E-state index in [2.05, 4.69) is 9.88 Å². The minimum Gasteiger partial charge on any atom is -0.337 e. The molecule has 0 saturated carbocycles. The summed E-state index contributed by atoms with van der Waals surface area (Å²) >= 11 is 0. The Hall–Kier alpha value is -0.920. The van der Waals surface area contributed by atoms with Crippen LogP contribution in [0.1, 0.15) is 31.4 Å². The van der Waals surface area contributed by atoms with Gasteiger partial charge in [-0.2, -0.15) is 4.31 Å². The summed E-state index contributed by atoms with van der Waals surface area (Å²) < 4.78 is 27.9. The van der Waals surface area contributed by atoms with Crippen molar-refractivity contribution in [3.63, 3.8) is 0 Å². The third-order valence-electron chi connectivity index (χ3n) is 4.87. The topological polar surface area (TPSA) is 58.4 Å². The highest BCUT2D eigenvalue weighted by atomic mass is 32.2. The molecule has 2 aliphatic rings. The minimum absolute atomic E-state index is 0.176. The normalized spacial score (nSPS) is 28.5. The molecule has 3 rings (SSSR count). The van der Waals surface area contributed by atoms with Gasteiger partial charge >= 0.3 is 0 Å². The molecule has 0 amide bonds. The van der Waals surface area contributed by atoms with Gasteiger partial charge in [0.15, 0.2) is 0 Å². The number of sulfonamides is 1. The Balaban J connectivity index is 1.77. The van der Waals surface area contributed by atoms with Gasteiger partial charge in [0.05, 0.1) is 18.3 Å². The van der Waals surface area contributed by atoms with Crippen molar-refractivity contribution >= 4 is 10.0 Å². The molecule has 0 N–H and O–H groups in total. The second-order valence-corrected chi connectivity index (χ2v) is 8.38. The Kier molecular flexibility index (Phi) is 3.83. The van der Waals surface area contributed by atoms with Crippen molar-refractivity contribution in [1.29, 1.82) is 0 Å². The lowest BCUT2D eigenvalue weighted by atomic mass is 9.87. The van der Waals surface area contributed by atoms with Gasteiger partial charge in [-0.05, 0) is 32.2 Å². The summed E-state index contributed by atoms with van der Waals surface area (Å²) in [7, 11) is -1.11. The molecule has 0 radical (unpaired) electrons. The molecule has 1 unspecified atom stereocenters. The first-order valence-corrected chi connectivity index (χ1v) is 9.41. The molecule has 1 spiro atoms. The summed E-state index contributed by atoms with van der Waals surface area (Å²) in [5, 5.41) is 0. The highest BCUT2D eigenvalue weighted by Crippen LogP contribution is 2.39. The number of aryl methyl sites for hydroxylation is 1. The van der Waals surface area contributed by atoms with Crippen LogP contribution in [0.25, 0.3) is 0 Å². The molecule has 2 fully saturated rings. The fraction of sp³-hybridized carbons (Fsp3) is 0.786. The van der Waals surface area contributed by atoms with Crippen molar-refractivity contribution in [2.45, 2.75) is 37.8 Å². The lowest BCUT2D eigenvalue weighted by molar-refractivity contribution is 0.0827. The van der Waals surface area contributed by atoms with Gasteiger partial charge in [0, 0.05) is 38.4 Å². The van der Waals surface area contributed by atoms with E-state index in [0.29, 0.717) is 6.54 Å². The Morgan fingerprint density at radius 3 is 2.62 bits per heavy atom. The molecule has 1 aromatic heterocycles. The number of hydrogen-bond acceptors (Lipinski definition) is 4. The standard InChI is InChI=1S/C14H24N4O2S/c1-16-12-15-9-13(16)10-17-7-3-5-14(11-17)6-4-8-18(14)21(2,19)20/h9,12H,3-8,10-11H2,1-2H3. The zero-order valence-electron chi connectivity index (χ0n) is 12.8. The van der Waals surface area contributed by atoms with Gasteiger partial charge in [0.2, 0.25) is 10.0 Å². The lowest BCUT2D eigenvalue weighted by Gasteiger charge is -2.44. The molecule has 0 bridgehead atoms. The van der Waals surface area contributed by atoms with E-state index >= 15 is 0 Å². The molecule has 3 heterocycles. The third-order valence-corrected chi connectivity index (χ3v) is 6.24. The van der Waals surface area contributed by atoms with E-state index in [1.807, 2.05) is 24.1 Å². The number of aromatic nitrogens is 2. The maximum Gasteiger partial charge on any atom is 0.211 e. The predicted molar refractivity (Wildman–Crippen MR) is 81.2 cm³/mol. The molecule has 0 aliphatic carbocycles. The quantitative estimate of drug-likeness (QED) is 0.829. The Morgan fingerprint density at radius 2 is 2.00 bits per heavy atom. The van der Waals surface area contributed by atoms with Gasteiger partial charge in [0.1, 0.15) is 0 Å². The van der Waals surface area contributed by atoms with Crippen LogP contribution in [-0.2, 0) is 23.6 Å². The van der Waals surface area contributed by atoms with Crippen LogP contribution in [0.2, 0.25) is 0 Å². The average Bonchev–Trinajstić information content (AvgIpc) is 2.97. The van der Waals surface area contributed by atoms with E-state index < -0.39 is 10.0 Å². The molecule has 6 nitrogen and oxygen atoms in total. The number of rotatable bonds is 3. The summed E-state index contributed by atoms with van der Waals surface area (Å²) in [6.45, 7) is 3.39. The summed E-state index contributed by atoms with van der Waals surface area (Å²) in [5.74, 6) is 0. The second-order valence-electron chi connectivity index (χ2n) is 6.47. The average molecular weight is 312 g/mol. The van der Waals surface area contributed by atoms with E-state index in [9.17, 15) is 8.42 Å². The van der Waals surface area contributed by atoms with Crippen molar-refractivity contribution in [3.05, 3.63) is 18.2 Å².